The number of hydrogen-bond donors (Lipinski definition) is 0. The van der Waals surface area contributed by atoms with Gasteiger partial charge in [-0.15, -0.1) is 0 Å². The molecular weight excluding hydrogens is 170 g/mol. The third-order valence-corrected chi connectivity index (χ3v) is 1.72. The molecule has 1 aromatic rings. The number of nitriles is 1. The highest BCUT2D eigenvalue weighted by Gasteiger charge is 1.93. The third-order valence-electron chi connectivity index (χ3n) is 1.72. The standard InChI is InChI=1S/C13H11N/c1-2-3-4-5-8-12-9-6-7-10-13(12)11-14/h2-10H,1H2. The predicted molar refractivity (Wildman–Crippen MR) is 59.5 cm³/mol. The maximum Gasteiger partial charge on any atom is 0.0997 e. The Morgan fingerprint density at radius 3 is 2.64 bits per heavy atom. The molecule has 0 aliphatic rings. The van der Waals surface area contributed by atoms with Gasteiger partial charge in [-0.05, 0) is 11.6 Å². The minimum absolute atomic E-state index is 0.691. The SMILES string of the molecule is C=CC=CC=Cc1ccccc1C#N. The van der Waals surface area contributed by atoms with E-state index in [1.54, 1.807) is 12.1 Å². The summed E-state index contributed by atoms with van der Waals surface area (Å²) in [5.41, 5.74) is 1.62. The largest absolute Gasteiger partial charge is 0.192 e. The van der Waals surface area contributed by atoms with E-state index in [-0.39, 0.29) is 0 Å². The highest BCUT2D eigenvalue weighted by Crippen LogP contribution is 2.08. The molecule has 0 saturated heterocycles. The third kappa shape index (κ3) is 2.76. The average Bonchev–Trinajstić information content (AvgIpc) is 2.25. The van der Waals surface area contributed by atoms with Crippen LogP contribution in [-0.4, -0.2) is 0 Å². The molecular formula is C13H11N. The zero-order chi connectivity index (χ0) is 10.2. The molecule has 1 rings (SSSR count). The van der Waals surface area contributed by atoms with Crippen LogP contribution in [0.5, 0.6) is 0 Å². The molecule has 1 nitrogen and oxygen atoms in total. The zero-order valence-corrected chi connectivity index (χ0v) is 7.85. The molecule has 14 heavy (non-hydrogen) atoms. The summed E-state index contributed by atoms with van der Waals surface area (Å²) in [5.74, 6) is 0. The lowest BCUT2D eigenvalue weighted by molar-refractivity contribution is 1.47. The summed E-state index contributed by atoms with van der Waals surface area (Å²) < 4.78 is 0. The Morgan fingerprint density at radius 2 is 1.93 bits per heavy atom. The zero-order valence-electron chi connectivity index (χ0n) is 7.85. The van der Waals surface area contributed by atoms with Gasteiger partial charge < -0.3 is 0 Å². The van der Waals surface area contributed by atoms with Gasteiger partial charge >= 0.3 is 0 Å². The first-order valence-corrected chi connectivity index (χ1v) is 4.33. The van der Waals surface area contributed by atoms with Gasteiger partial charge in [-0.2, -0.15) is 5.26 Å². The fourth-order valence-corrected chi connectivity index (χ4v) is 1.05. The van der Waals surface area contributed by atoms with E-state index in [1.807, 2.05) is 42.5 Å². The van der Waals surface area contributed by atoms with Crippen molar-refractivity contribution in [2.24, 2.45) is 0 Å². The topological polar surface area (TPSA) is 23.8 Å². The van der Waals surface area contributed by atoms with E-state index in [0.717, 1.165) is 5.56 Å². The van der Waals surface area contributed by atoms with Gasteiger partial charge in [0.2, 0.25) is 0 Å². The molecule has 0 saturated carbocycles. The van der Waals surface area contributed by atoms with E-state index in [9.17, 15) is 0 Å². The summed E-state index contributed by atoms with van der Waals surface area (Å²) in [6.45, 7) is 3.57. The van der Waals surface area contributed by atoms with Crippen LogP contribution in [0.1, 0.15) is 11.1 Å². The molecule has 0 bridgehead atoms. The normalized spacial score (nSPS) is 10.5. The van der Waals surface area contributed by atoms with Gasteiger partial charge in [0.15, 0.2) is 0 Å². The van der Waals surface area contributed by atoms with Crippen molar-refractivity contribution in [3.8, 4) is 6.07 Å². The highest BCUT2D eigenvalue weighted by molar-refractivity contribution is 5.58. The summed E-state index contributed by atoms with van der Waals surface area (Å²) >= 11 is 0. The second kappa shape index (κ2) is 5.55. The summed E-state index contributed by atoms with van der Waals surface area (Å²) in [5, 5.41) is 8.80. The molecule has 0 amide bonds. The molecule has 1 heteroatoms. The van der Waals surface area contributed by atoms with Crippen molar-refractivity contribution in [1.29, 1.82) is 5.26 Å². The van der Waals surface area contributed by atoms with Crippen LogP contribution in [0, 0.1) is 11.3 Å². The highest BCUT2D eigenvalue weighted by atomic mass is 14.2. The Hall–Kier alpha value is -2.07. The summed E-state index contributed by atoms with van der Waals surface area (Å²) in [7, 11) is 0. The van der Waals surface area contributed by atoms with Crippen molar-refractivity contribution < 1.29 is 0 Å². The fourth-order valence-electron chi connectivity index (χ4n) is 1.05. The molecule has 0 radical (unpaired) electrons. The first kappa shape index (κ1) is 10.0. The quantitative estimate of drug-likeness (QED) is 0.656. The van der Waals surface area contributed by atoms with Gasteiger partial charge in [-0.3, -0.25) is 0 Å². The molecule has 0 aliphatic carbocycles. The van der Waals surface area contributed by atoms with E-state index < -0.39 is 0 Å². The number of allylic oxidation sites excluding steroid dienone is 4. The van der Waals surface area contributed by atoms with E-state index in [0.29, 0.717) is 5.56 Å². The summed E-state index contributed by atoms with van der Waals surface area (Å²) in [6, 6.07) is 9.63. The van der Waals surface area contributed by atoms with Gasteiger partial charge in [0.05, 0.1) is 11.6 Å². The Morgan fingerprint density at radius 1 is 1.14 bits per heavy atom. The maximum atomic E-state index is 8.80. The van der Waals surface area contributed by atoms with Gasteiger partial charge in [-0.1, -0.05) is 55.2 Å². The second-order valence-electron chi connectivity index (χ2n) is 2.68. The van der Waals surface area contributed by atoms with Crippen LogP contribution in [0.25, 0.3) is 6.08 Å². The summed E-state index contributed by atoms with van der Waals surface area (Å²) in [4.78, 5) is 0. The molecule has 0 N–H and O–H groups in total. The Kier molecular flexibility index (Phi) is 3.97. The van der Waals surface area contributed by atoms with E-state index >= 15 is 0 Å². The van der Waals surface area contributed by atoms with Crippen LogP contribution in [0.15, 0.2) is 55.1 Å². The molecule has 0 aliphatic heterocycles. The first-order valence-electron chi connectivity index (χ1n) is 4.33. The molecule has 0 fully saturated rings. The van der Waals surface area contributed by atoms with Crippen LogP contribution < -0.4 is 0 Å². The second-order valence-corrected chi connectivity index (χ2v) is 2.68. The van der Waals surface area contributed by atoms with Crippen LogP contribution in [0.2, 0.25) is 0 Å². The molecule has 0 spiro atoms. The van der Waals surface area contributed by atoms with Crippen LogP contribution in [0.3, 0.4) is 0 Å². The first-order chi connectivity index (χ1) is 6.88. The molecule has 0 aromatic heterocycles. The van der Waals surface area contributed by atoms with E-state index in [2.05, 4.69) is 12.6 Å². The predicted octanol–water partition coefficient (Wildman–Crippen LogP) is 3.31. The molecule has 0 heterocycles. The van der Waals surface area contributed by atoms with Gasteiger partial charge in [0.25, 0.3) is 0 Å². The number of rotatable bonds is 3. The van der Waals surface area contributed by atoms with Crippen LogP contribution >= 0.6 is 0 Å². The molecule has 1 aromatic carbocycles. The smallest absolute Gasteiger partial charge is 0.0997 e. The maximum absolute atomic E-state index is 8.80. The lowest BCUT2D eigenvalue weighted by atomic mass is 10.1. The van der Waals surface area contributed by atoms with Gasteiger partial charge in [0, 0.05) is 0 Å². The number of benzene rings is 1. The minimum atomic E-state index is 0.691. The van der Waals surface area contributed by atoms with Gasteiger partial charge in [-0.25, -0.2) is 0 Å². The van der Waals surface area contributed by atoms with Crippen molar-refractivity contribution in [2.45, 2.75) is 0 Å². The fraction of sp³-hybridized carbons (Fsp3) is 0. The monoisotopic (exact) mass is 181 g/mol. The Bertz CT molecular complexity index is 405. The van der Waals surface area contributed by atoms with E-state index in [4.69, 9.17) is 5.26 Å². The molecule has 68 valence electrons. The molecule has 0 unspecified atom stereocenters. The van der Waals surface area contributed by atoms with Crippen molar-refractivity contribution >= 4 is 6.08 Å². The van der Waals surface area contributed by atoms with E-state index in [1.165, 1.54) is 0 Å². The average molecular weight is 181 g/mol. The van der Waals surface area contributed by atoms with Crippen molar-refractivity contribution in [3.05, 3.63) is 66.3 Å². The molecule has 0 atom stereocenters. The lowest BCUT2D eigenvalue weighted by Crippen LogP contribution is -1.78. The van der Waals surface area contributed by atoms with Crippen LogP contribution in [0.4, 0.5) is 0 Å². The Balaban J connectivity index is 2.86. The minimum Gasteiger partial charge on any atom is -0.192 e. The van der Waals surface area contributed by atoms with Crippen molar-refractivity contribution in [1.82, 2.24) is 0 Å². The number of nitrogens with zero attached hydrogens (tertiary/aromatic N) is 1. The van der Waals surface area contributed by atoms with Crippen molar-refractivity contribution in [2.75, 3.05) is 0 Å². The van der Waals surface area contributed by atoms with Crippen LogP contribution in [-0.2, 0) is 0 Å². The Labute approximate surface area is 84.3 Å². The van der Waals surface area contributed by atoms with Gasteiger partial charge in [0.1, 0.15) is 0 Å². The number of hydrogen-bond acceptors (Lipinski definition) is 1. The summed E-state index contributed by atoms with van der Waals surface area (Å²) in [6.07, 6.45) is 9.21. The van der Waals surface area contributed by atoms with Crippen molar-refractivity contribution in [3.63, 3.8) is 0 Å². The lowest BCUT2D eigenvalue weighted by Gasteiger charge is -1.94.